The summed E-state index contributed by atoms with van der Waals surface area (Å²) in [6.45, 7) is 0.853. The van der Waals surface area contributed by atoms with Gasteiger partial charge >= 0.3 is 0 Å². The number of aromatic nitrogens is 1. The maximum absolute atomic E-state index is 6.20. The minimum atomic E-state index is 0.0669. The summed E-state index contributed by atoms with van der Waals surface area (Å²) in [7, 11) is 0. The van der Waals surface area contributed by atoms with Gasteiger partial charge in [0.05, 0.1) is 16.8 Å². The summed E-state index contributed by atoms with van der Waals surface area (Å²) in [4.78, 5) is 4.67. The molecule has 3 rings (SSSR count). The highest BCUT2D eigenvalue weighted by Crippen LogP contribution is 2.24. The van der Waals surface area contributed by atoms with E-state index in [9.17, 15) is 0 Å². The molecular weight excluding hydrogens is 256 g/mol. The molecule has 2 aromatic rings. The number of thiazole rings is 1. The van der Waals surface area contributed by atoms with Crippen LogP contribution in [0.25, 0.3) is 11.3 Å². The zero-order valence-corrected chi connectivity index (χ0v) is 11.6. The van der Waals surface area contributed by atoms with E-state index in [0.29, 0.717) is 0 Å². The van der Waals surface area contributed by atoms with Crippen LogP contribution in [0.1, 0.15) is 17.8 Å². The number of hydrogen-bond donors (Lipinski definition) is 1. The Labute approximate surface area is 117 Å². The molecule has 1 fully saturated rings. The Bertz CT molecular complexity index is 520. The van der Waals surface area contributed by atoms with Crippen molar-refractivity contribution < 1.29 is 4.74 Å². The fourth-order valence-corrected chi connectivity index (χ4v) is 3.30. The van der Waals surface area contributed by atoms with Gasteiger partial charge in [-0.15, -0.1) is 11.3 Å². The van der Waals surface area contributed by atoms with Crippen LogP contribution < -0.4 is 5.73 Å². The van der Waals surface area contributed by atoms with Crippen molar-refractivity contribution in [2.24, 2.45) is 5.73 Å². The molecule has 0 bridgehead atoms. The first kappa shape index (κ1) is 12.8. The van der Waals surface area contributed by atoms with Crippen molar-refractivity contribution in [1.29, 1.82) is 0 Å². The minimum Gasteiger partial charge on any atom is -0.377 e. The van der Waals surface area contributed by atoms with Crippen LogP contribution in [0.5, 0.6) is 0 Å². The van der Waals surface area contributed by atoms with Gasteiger partial charge in [0.15, 0.2) is 0 Å². The van der Waals surface area contributed by atoms with E-state index in [0.717, 1.165) is 42.1 Å². The molecule has 2 atom stereocenters. The first-order chi connectivity index (χ1) is 9.33. The third-order valence-corrected chi connectivity index (χ3v) is 4.35. The quantitative estimate of drug-likeness (QED) is 0.932. The lowest BCUT2D eigenvalue weighted by Gasteiger charge is -2.16. The molecule has 2 heterocycles. The summed E-state index contributed by atoms with van der Waals surface area (Å²) >= 11 is 1.68. The van der Waals surface area contributed by atoms with Crippen molar-refractivity contribution >= 4 is 11.3 Å². The van der Waals surface area contributed by atoms with Crippen molar-refractivity contribution in [3.63, 3.8) is 0 Å². The smallest absolute Gasteiger partial charge is 0.0949 e. The Morgan fingerprint density at radius 2 is 2.21 bits per heavy atom. The second-order valence-corrected chi connectivity index (χ2v) is 5.85. The summed E-state index contributed by atoms with van der Waals surface area (Å²) in [5.74, 6) is 0. The van der Waals surface area contributed by atoms with Crippen molar-refractivity contribution in [2.75, 3.05) is 6.61 Å². The zero-order valence-electron chi connectivity index (χ0n) is 10.8. The third kappa shape index (κ3) is 3.03. The zero-order chi connectivity index (χ0) is 13.1. The minimum absolute atomic E-state index is 0.0669. The Morgan fingerprint density at radius 3 is 2.95 bits per heavy atom. The Morgan fingerprint density at radius 1 is 1.37 bits per heavy atom. The van der Waals surface area contributed by atoms with Gasteiger partial charge in [-0.05, 0) is 12.8 Å². The number of nitrogens with two attached hydrogens (primary N) is 1. The van der Waals surface area contributed by atoms with Crippen LogP contribution in [0.15, 0.2) is 35.7 Å². The molecule has 0 amide bonds. The Kier molecular flexibility index (Phi) is 3.92. The molecule has 19 heavy (non-hydrogen) atoms. The van der Waals surface area contributed by atoms with E-state index in [1.807, 2.05) is 18.2 Å². The van der Waals surface area contributed by atoms with Crippen molar-refractivity contribution in [3.8, 4) is 11.3 Å². The predicted octanol–water partition coefficient (Wildman–Crippen LogP) is 2.86. The first-order valence-corrected chi connectivity index (χ1v) is 7.58. The van der Waals surface area contributed by atoms with Gasteiger partial charge in [0.1, 0.15) is 0 Å². The molecule has 1 aromatic heterocycles. The van der Waals surface area contributed by atoms with E-state index in [-0.39, 0.29) is 12.1 Å². The molecule has 3 nitrogen and oxygen atoms in total. The second kappa shape index (κ2) is 5.82. The second-order valence-electron chi connectivity index (χ2n) is 4.91. The Hall–Kier alpha value is -1.23. The van der Waals surface area contributed by atoms with Gasteiger partial charge in [0.2, 0.25) is 0 Å². The van der Waals surface area contributed by atoms with Crippen molar-refractivity contribution in [3.05, 3.63) is 40.7 Å². The number of hydrogen-bond acceptors (Lipinski definition) is 4. The summed E-state index contributed by atoms with van der Waals surface area (Å²) in [5, 5.41) is 3.20. The molecule has 4 heteroatoms. The molecular formula is C15H18N2OS. The molecule has 1 aliphatic rings. The van der Waals surface area contributed by atoms with Crippen LogP contribution in [0.3, 0.4) is 0 Å². The summed E-state index contributed by atoms with van der Waals surface area (Å²) in [6, 6.07) is 10.3. The van der Waals surface area contributed by atoms with Crippen LogP contribution in [-0.4, -0.2) is 23.7 Å². The standard InChI is InChI=1S/C15H18N2OS/c16-12(14-7-4-8-18-14)9-15-17-13(10-19-15)11-5-2-1-3-6-11/h1-3,5-6,10,12,14H,4,7-9,16H2. The van der Waals surface area contributed by atoms with Crippen molar-refractivity contribution in [2.45, 2.75) is 31.4 Å². The maximum Gasteiger partial charge on any atom is 0.0949 e. The fraction of sp³-hybridized carbons (Fsp3) is 0.400. The van der Waals surface area contributed by atoms with E-state index in [1.54, 1.807) is 11.3 Å². The predicted molar refractivity (Wildman–Crippen MR) is 78.2 cm³/mol. The highest BCUT2D eigenvalue weighted by atomic mass is 32.1. The average Bonchev–Trinajstić information content (AvgIpc) is 3.11. The van der Waals surface area contributed by atoms with Gasteiger partial charge in [-0.25, -0.2) is 4.98 Å². The van der Waals surface area contributed by atoms with Gasteiger partial charge in [0.25, 0.3) is 0 Å². The van der Waals surface area contributed by atoms with Crippen molar-refractivity contribution in [1.82, 2.24) is 4.98 Å². The highest BCUT2D eigenvalue weighted by Gasteiger charge is 2.23. The number of rotatable bonds is 4. The van der Waals surface area contributed by atoms with E-state index >= 15 is 0 Å². The van der Waals surface area contributed by atoms with Gasteiger partial charge in [-0.1, -0.05) is 30.3 Å². The largest absolute Gasteiger partial charge is 0.377 e. The molecule has 0 spiro atoms. The number of nitrogens with zero attached hydrogens (tertiary/aromatic N) is 1. The van der Waals surface area contributed by atoms with E-state index in [2.05, 4.69) is 22.5 Å². The Balaban J connectivity index is 1.68. The molecule has 0 aliphatic carbocycles. The first-order valence-electron chi connectivity index (χ1n) is 6.70. The van der Waals surface area contributed by atoms with Crippen LogP contribution in [0.4, 0.5) is 0 Å². The van der Waals surface area contributed by atoms with Crippen LogP contribution in [0.2, 0.25) is 0 Å². The highest BCUT2D eigenvalue weighted by molar-refractivity contribution is 7.09. The molecule has 2 N–H and O–H groups in total. The van der Waals surface area contributed by atoms with Gasteiger partial charge in [-0.2, -0.15) is 0 Å². The van der Waals surface area contributed by atoms with Gasteiger partial charge < -0.3 is 10.5 Å². The van der Waals surface area contributed by atoms with E-state index < -0.39 is 0 Å². The summed E-state index contributed by atoms with van der Waals surface area (Å²) in [6.07, 6.45) is 3.23. The van der Waals surface area contributed by atoms with Crippen LogP contribution >= 0.6 is 11.3 Å². The molecule has 100 valence electrons. The lowest BCUT2D eigenvalue weighted by molar-refractivity contribution is 0.0900. The topological polar surface area (TPSA) is 48.1 Å². The molecule has 0 saturated carbocycles. The van der Waals surface area contributed by atoms with E-state index in [1.165, 1.54) is 0 Å². The van der Waals surface area contributed by atoms with Gasteiger partial charge in [-0.3, -0.25) is 0 Å². The number of benzene rings is 1. The molecule has 1 aromatic carbocycles. The maximum atomic E-state index is 6.20. The van der Waals surface area contributed by atoms with Crippen LogP contribution in [0, 0.1) is 0 Å². The lowest BCUT2D eigenvalue weighted by atomic mass is 10.1. The number of ether oxygens (including phenoxy) is 1. The molecule has 2 unspecified atom stereocenters. The lowest BCUT2D eigenvalue weighted by Crippen LogP contribution is -2.36. The monoisotopic (exact) mass is 274 g/mol. The fourth-order valence-electron chi connectivity index (χ4n) is 2.42. The SMILES string of the molecule is NC(Cc1nc(-c2ccccc2)cs1)C1CCCO1. The summed E-state index contributed by atoms with van der Waals surface area (Å²) < 4.78 is 5.63. The molecule has 0 radical (unpaired) electrons. The van der Waals surface area contributed by atoms with Gasteiger partial charge in [0, 0.05) is 30.0 Å². The summed E-state index contributed by atoms with van der Waals surface area (Å²) in [5.41, 5.74) is 8.41. The average molecular weight is 274 g/mol. The molecule has 1 saturated heterocycles. The molecule has 1 aliphatic heterocycles. The van der Waals surface area contributed by atoms with Crippen LogP contribution in [-0.2, 0) is 11.2 Å². The normalized spacial score (nSPS) is 20.6. The third-order valence-electron chi connectivity index (χ3n) is 3.47. The van der Waals surface area contributed by atoms with E-state index in [4.69, 9.17) is 10.5 Å².